The second kappa shape index (κ2) is 6.42. The highest BCUT2D eigenvalue weighted by Crippen LogP contribution is 2.45. The minimum atomic E-state index is -4.92. The van der Waals surface area contributed by atoms with Gasteiger partial charge in [-0.3, -0.25) is 9.42 Å². The first-order valence-electron chi connectivity index (χ1n) is 7.50. The summed E-state index contributed by atoms with van der Waals surface area (Å²) in [6.45, 7) is 1.84. The largest absolute Gasteiger partial charge is 0.522 e. The van der Waals surface area contributed by atoms with E-state index in [2.05, 4.69) is 9.84 Å². The quantitative estimate of drug-likeness (QED) is 0.808. The normalized spacial score (nSPS) is 25.8. The number of aliphatic hydroxyl groups is 1. The molecule has 0 aliphatic heterocycles. The monoisotopic (exact) mass is 378 g/mol. The Hall–Kier alpha value is -1.36. The van der Waals surface area contributed by atoms with Crippen LogP contribution in [0.1, 0.15) is 49.7 Å². The van der Waals surface area contributed by atoms with E-state index in [0.29, 0.717) is 0 Å². The van der Waals surface area contributed by atoms with Crippen LogP contribution in [0, 0.1) is 0 Å². The number of nitrogens with zero attached hydrogens (tertiary/aromatic N) is 2. The van der Waals surface area contributed by atoms with Gasteiger partial charge in [0.15, 0.2) is 5.69 Å². The van der Waals surface area contributed by atoms with E-state index in [4.69, 9.17) is 0 Å². The predicted molar refractivity (Wildman–Crippen MR) is 71.2 cm³/mol. The summed E-state index contributed by atoms with van der Waals surface area (Å²) < 4.78 is 94.7. The van der Waals surface area contributed by atoms with Crippen molar-refractivity contribution in [2.45, 2.75) is 70.1 Å². The molecule has 2 rings (SSSR count). The van der Waals surface area contributed by atoms with E-state index >= 15 is 0 Å². The number of rotatable bonds is 4. The van der Waals surface area contributed by atoms with Crippen molar-refractivity contribution < 1.29 is 40.6 Å². The molecule has 4 nitrogen and oxygen atoms in total. The van der Waals surface area contributed by atoms with E-state index in [1.807, 2.05) is 0 Å². The van der Waals surface area contributed by atoms with E-state index < -0.39 is 41.7 Å². The molecule has 11 heteroatoms. The van der Waals surface area contributed by atoms with Crippen molar-refractivity contribution in [3.8, 4) is 0 Å². The standard InChI is InChI=1S/C14H17F7N2O2/c1-7(25-14(19,20)21)4-6-23-8-3-5-12(2,15)11(24)9(8)10(22-23)13(16,17)18/h7,11,24H,3-6H2,1-2H3. The fourth-order valence-electron chi connectivity index (χ4n) is 2.85. The van der Waals surface area contributed by atoms with E-state index in [0.717, 1.165) is 18.5 Å². The van der Waals surface area contributed by atoms with Gasteiger partial charge < -0.3 is 5.11 Å². The third kappa shape index (κ3) is 4.43. The predicted octanol–water partition coefficient (Wildman–Crippen LogP) is 3.92. The second-order valence-electron chi connectivity index (χ2n) is 6.27. The Morgan fingerprint density at radius 2 is 1.92 bits per heavy atom. The van der Waals surface area contributed by atoms with E-state index in [1.54, 1.807) is 0 Å². The lowest BCUT2D eigenvalue weighted by Gasteiger charge is -2.32. The maximum atomic E-state index is 14.2. The van der Waals surface area contributed by atoms with Gasteiger partial charge in [0.05, 0.1) is 6.10 Å². The van der Waals surface area contributed by atoms with Gasteiger partial charge in [-0.25, -0.2) is 4.39 Å². The van der Waals surface area contributed by atoms with Crippen molar-refractivity contribution in [1.82, 2.24) is 9.78 Å². The molecule has 0 amide bonds. The number of hydrogen-bond donors (Lipinski definition) is 1. The number of hydrogen-bond acceptors (Lipinski definition) is 3. The minimum Gasteiger partial charge on any atom is -0.385 e. The molecule has 0 saturated heterocycles. The first-order chi connectivity index (χ1) is 11.2. The summed E-state index contributed by atoms with van der Waals surface area (Å²) in [5.74, 6) is 0. The van der Waals surface area contributed by atoms with Crippen LogP contribution in [0.15, 0.2) is 0 Å². The molecule has 1 aromatic heterocycles. The maximum Gasteiger partial charge on any atom is 0.522 e. The van der Waals surface area contributed by atoms with Gasteiger partial charge in [0, 0.05) is 17.8 Å². The van der Waals surface area contributed by atoms with Crippen molar-refractivity contribution >= 4 is 0 Å². The lowest BCUT2D eigenvalue weighted by molar-refractivity contribution is -0.341. The molecule has 0 aromatic carbocycles. The van der Waals surface area contributed by atoms with Crippen molar-refractivity contribution in [3.05, 3.63) is 17.0 Å². The lowest BCUT2D eigenvalue weighted by atomic mass is 9.82. The number of ether oxygens (including phenoxy) is 1. The molecular weight excluding hydrogens is 361 g/mol. The number of halogens is 7. The lowest BCUT2D eigenvalue weighted by Crippen LogP contribution is -2.34. The van der Waals surface area contributed by atoms with Gasteiger partial charge in [-0.15, -0.1) is 13.2 Å². The molecule has 0 saturated carbocycles. The molecule has 1 N–H and O–H groups in total. The number of aryl methyl sites for hydroxylation is 1. The Kier molecular flexibility index (Phi) is 5.12. The SMILES string of the molecule is CC(CCn1nc(C(F)(F)F)c2c1CCC(C)(F)C2O)OC(F)(F)F. The van der Waals surface area contributed by atoms with Crippen LogP contribution in [0.5, 0.6) is 0 Å². The van der Waals surface area contributed by atoms with Crippen LogP contribution >= 0.6 is 0 Å². The molecule has 0 radical (unpaired) electrons. The average Bonchev–Trinajstić information content (AvgIpc) is 2.78. The number of aromatic nitrogens is 2. The topological polar surface area (TPSA) is 47.3 Å². The van der Waals surface area contributed by atoms with Crippen LogP contribution in [0.2, 0.25) is 0 Å². The van der Waals surface area contributed by atoms with Gasteiger partial charge in [0.1, 0.15) is 11.8 Å². The molecule has 3 atom stereocenters. The van der Waals surface area contributed by atoms with Crippen LogP contribution in [-0.2, 0) is 23.9 Å². The molecule has 0 bridgehead atoms. The fourth-order valence-corrected chi connectivity index (χ4v) is 2.85. The molecule has 1 aromatic rings. The highest BCUT2D eigenvalue weighted by atomic mass is 19.4. The smallest absolute Gasteiger partial charge is 0.385 e. The Labute approximate surface area is 138 Å². The fraction of sp³-hybridized carbons (Fsp3) is 0.786. The first kappa shape index (κ1) is 20.0. The molecule has 0 fully saturated rings. The zero-order chi connectivity index (χ0) is 19.2. The van der Waals surface area contributed by atoms with Crippen molar-refractivity contribution in [3.63, 3.8) is 0 Å². The Balaban J connectivity index is 2.29. The molecule has 1 heterocycles. The van der Waals surface area contributed by atoms with Crippen LogP contribution in [0.4, 0.5) is 30.7 Å². The molecule has 3 unspecified atom stereocenters. The summed E-state index contributed by atoms with van der Waals surface area (Å²) in [7, 11) is 0. The van der Waals surface area contributed by atoms with Crippen molar-refractivity contribution in [1.29, 1.82) is 0 Å². The minimum absolute atomic E-state index is 0.0193. The number of fused-ring (bicyclic) bond motifs is 1. The zero-order valence-corrected chi connectivity index (χ0v) is 13.4. The van der Waals surface area contributed by atoms with Crippen LogP contribution in [0.3, 0.4) is 0 Å². The molecule has 144 valence electrons. The summed E-state index contributed by atoms with van der Waals surface area (Å²) >= 11 is 0. The van der Waals surface area contributed by atoms with Gasteiger partial charge >= 0.3 is 12.5 Å². The first-order valence-corrected chi connectivity index (χ1v) is 7.50. The molecule has 1 aliphatic carbocycles. The Morgan fingerprint density at radius 3 is 2.44 bits per heavy atom. The van der Waals surface area contributed by atoms with Crippen molar-refractivity contribution in [2.24, 2.45) is 0 Å². The summed E-state index contributed by atoms with van der Waals surface area (Å²) in [6, 6.07) is 0. The Bertz CT molecular complexity index is 622. The highest BCUT2D eigenvalue weighted by Gasteiger charge is 2.48. The van der Waals surface area contributed by atoms with Crippen LogP contribution in [-0.4, -0.2) is 33.0 Å². The van der Waals surface area contributed by atoms with Gasteiger partial charge in [0.2, 0.25) is 0 Å². The molecule has 25 heavy (non-hydrogen) atoms. The van der Waals surface area contributed by atoms with Gasteiger partial charge in [-0.2, -0.15) is 18.3 Å². The van der Waals surface area contributed by atoms with Gasteiger partial charge in [0.25, 0.3) is 0 Å². The molecule has 0 spiro atoms. The third-order valence-corrected chi connectivity index (χ3v) is 4.14. The van der Waals surface area contributed by atoms with Crippen LogP contribution in [0.25, 0.3) is 0 Å². The van der Waals surface area contributed by atoms with E-state index in [1.165, 1.54) is 0 Å². The second-order valence-corrected chi connectivity index (χ2v) is 6.27. The van der Waals surface area contributed by atoms with Gasteiger partial charge in [-0.05, 0) is 33.1 Å². The van der Waals surface area contributed by atoms with Gasteiger partial charge in [-0.1, -0.05) is 0 Å². The summed E-state index contributed by atoms with van der Waals surface area (Å²) in [4.78, 5) is 0. The highest BCUT2D eigenvalue weighted by molar-refractivity contribution is 5.35. The summed E-state index contributed by atoms with van der Waals surface area (Å²) in [5, 5.41) is 13.4. The van der Waals surface area contributed by atoms with Crippen molar-refractivity contribution in [2.75, 3.05) is 0 Å². The number of alkyl halides is 7. The Morgan fingerprint density at radius 1 is 1.32 bits per heavy atom. The third-order valence-electron chi connectivity index (χ3n) is 4.14. The van der Waals surface area contributed by atoms with Crippen LogP contribution < -0.4 is 0 Å². The summed E-state index contributed by atoms with van der Waals surface area (Å²) in [5.41, 5.74) is -4.32. The zero-order valence-electron chi connectivity index (χ0n) is 13.4. The van der Waals surface area contributed by atoms with E-state index in [9.17, 15) is 35.8 Å². The molecular formula is C14H17F7N2O2. The van der Waals surface area contributed by atoms with E-state index in [-0.39, 0.29) is 31.5 Å². The number of aliphatic hydroxyl groups excluding tert-OH is 1. The summed E-state index contributed by atoms with van der Waals surface area (Å²) in [6.07, 6.45) is -13.7. The average molecular weight is 378 g/mol. The maximum absolute atomic E-state index is 14.2. The molecule has 1 aliphatic rings.